The fourth-order valence-corrected chi connectivity index (χ4v) is 2.94. The molecule has 1 saturated carbocycles. The second-order valence-electron chi connectivity index (χ2n) is 5.10. The molecule has 1 aromatic heterocycles. The van der Waals surface area contributed by atoms with Crippen LogP contribution in [0, 0.1) is 0 Å². The van der Waals surface area contributed by atoms with Crippen molar-refractivity contribution in [2.45, 2.75) is 51.5 Å². The largest absolute Gasteiger partial charge is 0.456 e. The maximum Gasteiger partial charge on any atom is 0.289 e. The van der Waals surface area contributed by atoms with Crippen molar-refractivity contribution < 1.29 is 9.21 Å². The Labute approximate surface area is 119 Å². The van der Waals surface area contributed by atoms with Crippen LogP contribution in [0.25, 0.3) is 0 Å². The van der Waals surface area contributed by atoms with Gasteiger partial charge in [0.2, 0.25) is 0 Å². The van der Waals surface area contributed by atoms with Crippen LogP contribution in [0.1, 0.15) is 55.3 Å². The number of carbonyl (C=O) groups is 1. The second-order valence-corrected chi connectivity index (χ2v) is 5.48. The van der Waals surface area contributed by atoms with Gasteiger partial charge in [0.25, 0.3) is 5.91 Å². The Balaban J connectivity index is 2.10. The van der Waals surface area contributed by atoms with Gasteiger partial charge in [0.05, 0.1) is 0 Å². The van der Waals surface area contributed by atoms with Crippen LogP contribution in [-0.4, -0.2) is 29.3 Å². The van der Waals surface area contributed by atoms with E-state index < -0.39 is 0 Å². The molecule has 0 aromatic carbocycles. The minimum atomic E-state index is -0.00718. The fourth-order valence-electron chi connectivity index (χ4n) is 2.76. The highest BCUT2D eigenvalue weighted by atomic mass is 35.5. The average molecular weight is 284 g/mol. The van der Waals surface area contributed by atoms with Gasteiger partial charge in [-0.3, -0.25) is 4.79 Å². The third kappa shape index (κ3) is 3.53. The number of nitrogens with zero attached hydrogens (tertiary/aromatic N) is 1. The summed E-state index contributed by atoms with van der Waals surface area (Å²) < 4.78 is 5.58. The summed E-state index contributed by atoms with van der Waals surface area (Å²) in [5.74, 6) is 1.78. The molecule has 2 rings (SSSR count). The molecule has 106 valence electrons. The maximum absolute atomic E-state index is 12.5. The van der Waals surface area contributed by atoms with Crippen molar-refractivity contribution in [3.63, 3.8) is 0 Å². The number of carbonyl (C=O) groups excluding carboxylic acids is 1. The summed E-state index contributed by atoms with van der Waals surface area (Å²) in [6, 6.07) is 3.99. The van der Waals surface area contributed by atoms with E-state index in [1.807, 2.05) is 17.9 Å². The van der Waals surface area contributed by atoms with Crippen LogP contribution in [0.3, 0.4) is 0 Å². The first kappa shape index (κ1) is 14.4. The molecule has 1 fully saturated rings. The normalized spacial score (nSPS) is 16.5. The number of halogens is 1. The zero-order valence-electron chi connectivity index (χ0n) is 11.5. The molecule has 1 aliphatic rings. The summed E-state index contributed by atoms with van der Waals surface area (Å²) in [6.45, 7) is 2.62. The summed E-state index contributed by atoms with van der Waals surface area (Å²) in [5.41, 5.74) is 0. The fraction of sp³-hybridized carbons (Fsp3) is 0.667. The van der Waals surface area contributed by atoms with Gasteiger partial charge in [-0.15, -0.1) is 11.6 Å². The molecule has 0 saturated heterocycles. The second kappa shape index (κ2) is 6.99. The molecule has 0 N–H and O–H groups in total. The number of amides is 1. The van der Waals surface area contributed by atoms with Gasteiger partial charge < -0.3 is 9.32 Å². The number of furan rings is 1. The van der Waals surface area contributed by atoms with E-state index >= 15 is 0 Å². The van der Waals surface area contributed by atoms with E-state index in [-0.39, 0.29) is 5.91 Å². The summed E-state index contributed by atoms with van der Waals surface area (Å²) in [5, 5.41) is 0. The molecule has 1 aromatic rings. The molecule has 4 heteroatoms. The first-order chi connectivity index (χ1) is 9.26. The average Bonchev–Trinajstić information content (AvgIpc) is 2.94. The van der Waals surface area contributed by atoms with Crippen LogP contribution in [0.15, 0.2) is 16.5 Å². The highest BCUT2D eigenvalue weighted by molar-refractivity contribution is 6.18. The molecule has 1 heterocycles. The topological polar surface area (TPSA) is 33.5 Å². The molecule has 0 radical (unpaired) electrons. The summed E-state index contributed by atoms with van der Waals surface area (Å²) >= 11 is 5.86. The van der Waals surface area contributed by atoms with Crippen molar-refractivity contribution in [2.24, 2.45) is 0 Å². The number of alkyl halides is 1. The molecular weight excluding hydrogens is 262 g/mol. The molecule has 19 heavy (non-hydrogen) atoms. The molecular formula is C15H22ClNO2. The van der Waals surface area contributed by atoms with Crippen molar-refractivity contribution in [3.05, 3.63) is 23.7 Å². The van der Waals surface area contributed by atoms with Gasteiger partial charge in [0, 0.05) is 24.9 Å². The number of hydrogen-bond donors (Lipinski definition) is 0. The van der Waals surface area contributed by atoms with E-state index in [1.165, 1.54) is 19.3 Å². The van der Waals surface area contributed by atoms with Crippen molar-refractivity contribution in [2.75, 3.05) is 12.4 Å². The minimum Gasteiger partial charge on any atom is -0.456 e. The van der Waals surface area contributed by atoms with Gasteiger partial charge in [-0.25, -0.2) is 0 Å². The number of rotatable bonds is 5. The van der Waals surface area contributed by atoms with Gasteiger partial charge >= 0.3 is 0 Å². The smallest absolute Gasteiger partial charge is 0.289 e. The summed E-state index contributed by atoms with van der Waals surface area (Å²) in [4.78, 5) is 14.4. The Kier molecular flexibility index (Phi) is 5.32. The lowest BCUT2D eigenvalue weighted by Gasteiger charge is -2.33. The van der Waals surface area contributed by atoms with Crippen molar-refractivity contribution in [3.8, 4) is 0 Å². The molecule has 0 atom stereocenters. The van der Waals surface area contributed by atoms with Crippen molar-refractivity contribution in [1.82, 2.24) is 4.90 Å². The van der Waals surface area contributed by atoms with Crippen LogP contribution >= 0.6 is 11.6 Å². The zero-order chi connectivity index (χ0) is 13.7. The maximum atomic E-state index is 12.5. The lowest BCUT2D eigenvalue weighted by atomic mass is 9.94. The monoisotopic (exact) mass is 283 g/mol. The molecule has 3 nitrogen and oxygen atoms in total. The third-order valence-corrected chi connectivity index (χ3v) is 3.99. The van der Waals surface area contributed by atoms with Crippen LogP contribution in [-0.2, 0) is 6.42 Å². The highest BCUT2D eigenvalue weighted by Gasteiger charge is 2.27. The Bertz CT molecular complexity index is 410. The van der Waals surface area contributed by atoms with E-state index in [0.29, 0.717) is 24.2 Å². The molecule has 1 aliphatic carbocycles. The molecule has 0 bridgehead atoms. The summed E-state index contributed by atoms with van der Waals surface area (Å²) in [7, 11) is 0. The molecule has 0 spiro atoms. The minimum absolute atomic E-state index is 0.00718. The van der Waals surface area contributed by atoms with E-state index in [0.717, 1.165) is 25.0 Å². The standard InChI is InChI=1S/C15H22ClNO2/c1-2-13-8-9-14(19-13)15(18)17(11-10-16)12-6-4-3-5-7-12/h8-9,12H,2-7,10-11H2,1H3. The SMILES string of the molecule is CCc1ccc(C(=O)N(CCCl)C2CCCCC2)o1. The van der Waals surface area contributed by atoms with Crippen LogP contribution in [0.5, 0.6) is 0 Å². The lowest BCUT2D eigenvalue weighted by Crippen LogP contribution is -2.42. The third-order valence-electron chi connectivity index (χ3n) is 3.82. The van der Waals surface area contributed by atoms with E-state index in [4.69, 9.17) is 16.0 Å². The van der Waals surface area contributed by atoms with Crippen LogP contribution < -0.4 is 0 Å². The first-order valence-corrected chi connectivity index (χ1v) is 7.75. The predicted molar refractivity (Wildman–Crippen MR) is 76.7 cm³/mol. The van der Waals surface area contributed by atoms with Crippen molar-refractivity contribution in [1.29, 1.82) is 0 Å². The first-order valence-electron chi connectivity index (χ1n) is 7.22. The van der Waals surface area contributed by atoms with Crippen LogP contribution in [0.4, 0.5) is 0 Å². The van der Waals surface area contributed by atoms with Gasteiger partial charge in [0.15, 0.2) is 5.76 Å². The Morgan fingerprint density at radius 2 is 2.11 bits per heavy atom. The van der Waals surface area contributed by atoms with E-state index in [2.05, 4.69) is 0 Å². The molecule has 0 unspecified atom stereocenters. The zero-order valence-corrected chi connectivity index (χ0v) is 12.3. The van der Waals surface area contributed by atoms with E-state index in [1.54, 1.807) is 6.07 Å². The van der Waals surface area contributed by atoms with Gasteiger partial charge in [-0.2, -0.15) is 0 Å². The highest BCUT2D eigenvalue weighted by Crippen LogP contribution is 2.24. The molecule has 1 amide bonds. The van der Waals surface area contributed by atoms with Gasteiger partial charge in [-0.05, 0) is 25.0 Å². The van der Waals surface area contributed by atoms with E-state index in [9.17, 15) is 4.79 Å². The Morgan fingerprint density at radius 3 is 2.68 bits per heavy atom. The predicted octanol–water partition coefficient (Wildman–Crippen LogP) is 3.86. The lowest BCUT2D eigenvalue weighted by molar-refractivity contribution is 0.0615. The Hall–Kier alpha value is -0.960. The molecule has 0 aliphatic heterocycles. The number of hydrogen-bond acceptors (Lipinski definition) is 2. The van der Waals surface area contributed by atoms with Gasteiger partial charge in [0.1, 0.15) is 5.76 Å². The number of aryl methyl sites for hydroxylation is 1. The Morgan fingerprint density at radius 1 is 1.37 bits per heavy atom. The summed E-state index contributed by atoms with van der Waals surface area (Å²) in [6.07, 6.45) is 6.67. The van der Waals surface area contributed by atoms with Crippen LogP contribution in [0.2, 0.25) is 0 Å². The van der Waals surface area contributed by atoms with Gasteiger partial charge in [-0.1, -0.05) is 26.2 Å². The van der Waals surface area contributed by atoms with Crippen molar-refractivity contribution >= 4 is 17.5 Å². The quantitative estimate of drug-likeness (QED) is 0.769.